The molecule has 2 fully saturated rings. The molecule has 0 bridgehead atoms. The van der Waals surface area contributed by atoms with Gasteiger partial charge in [0.05, 0.1) is 29.3 Å². The van der Waals surface area contributed by atoms with Crippen LogP contribution in [0.25, 0.3) is 10.9 Å². The molecule has 32 heavy (non-hydrogen) atoms. The minimum absolute atomic E-state index is 0.103. The molecule has 2 heterocycles. The normalized spacial score (nSPS) is 17.6. The molecule has 172 valence electrons. The number of ether oxygens (including phenoxy) is 1. The van der Waals surface area contributed by atoms with Gasteiger partial charge in [-0.3, -0.25) is 14.5 Å². The van der Waals surface area contributed by atoms with Gasteiger partial charge < -0.3 is 19.3 Å². The van der Waals surface area contributed by atoms with Crippen molar-refractivity contribution in [2.75, 3.05) is 37.6 Å². The summed E-state index contributed by atoms with van der Waals surface area (Å²) in [5.74, 6) is -0.680. The maximum absolute atomic E-state index is 15.1. The third kappa shape index (κ3) is 4.48. The van der Waals surface area contributed by atoms with Crippen LogP contribution in [-0.4, -0.2) is 59.2 Å². The van der Waals surface area contributed by atoms with Crippen LogP contribution in [0.3, 0.4) is 0 Å². The number of benzene rings is 1. The lowest BCUT2D eigenvalue weighted by Gasteiger charge is -2.37. The molecule has 2 aromatic rings. The van der Waals surface area contributed by atoms with E-state index in [9.17, 15) is 14.4 Å². The topological polar surface area (TPSA) is 92.1 Å². The number of hydrogen-bond acceptors (Lipinski definition) is 6. The predicted octanol–water partition coefficient (Wildman–Crippen LogP) is 3.27. The van der Waals surface area contributed by atoms with E-state index in [2.05, 4.69) is 9.64 Å². The highest BCUT2D eigenvalue weighted by molar-refractivity contribution is 5.86. The zero-order chi connectivity index (χ0) is 23.2. The van der Waals surface area contributed by atoms with Crippen LogP contribution in [0.5, 0.6) is 5.75 Å². The fraction of sp³-hybridized carbons (Fsp3) is 0.522. The molecule has 2 aliphatic rings. The number of pyridine rings is 1. The molecule has 1 saturated carbocycles. The number of hydrogen-bond donors (Lipinski definition) is 1. The van der Waals surface area contributed by atoms with Crippen LogP contribution in [0, 0.1) is 11.2 Å². The summed E-state index contributed by atoms with van der Waals surface area (Å²) in [6, 6.07) is 2.98. The summed E-state index contributed by atoms with van der Waals surface area (Å²) in [5.41, 5.74) is -0.0655. The second-order valence-corrected chi connectivity index (χ2v) is 9.59. The van der Waals surface area contributed by atoms with Crippen LogP contribution in [0.1, 0.15) is 39.7 Å². The fourth-order valence-corrected chi connectivity index (χ4v) is 3.98. The van der Waals surface area contributed by atoms with E-state index in [1.165, 1.54) is 12.3 Å². The third-order valence-electron chi connectivity index (χ3n) is 6.12. The summed E-state index contributed by atoms with van der Waals surface area (Å²) in [4.78, 5) is 40.0. The Morgan fingerprint density at radius 3 is 2.38 bits per heavy atom. The van der Waals surface area contributed by atoms with Gasteiger partial charge in [-0.25, -0.2) is 9.18 Å². The highest BCUT2D eigenvalue weighted by Gasteiger charge is 2.29. The highest BCUT2D eigenvalue weighted by atomic mass is 19.1. The van der Waals surface area contributed by atoms with Crippen molar-refractivity contribution in [1.82, 2.24) is 9.47 Å². The van der Waals surface area contributed by atoms with Crippen molar-refractivity contribution in [2.24, 2.45) is 5.41 Å². The number of carbonyl (C=O) groups is 2. The van der Waals surface area contributed by atoms with Gasteiger partial charge in [0.2, 0.25) is 5.43 Å². The molecular weight excluding hydrogens is 417 g/mol. The Morgan fingerprint density at radius 2 is 1.81 bits per heavy atom. The average Bonchev–Trinajstić information content (AvgIpc) is 3.55. The van der Waals surface area contributed by atoms with Gasteiger partial charge in [0.15, 0.2) is 11.5 Å². The van der Waals surface area contributed by atoms with Crippen LogP contribution in [0.2, 0.25) is 0 Å². The molecule has 8 nitrogen and oxygen atoms in total. The Bertz CT molecular complexity index is 1130. The van der Waals surface area contributed by atoms with Crippen LogP contribution in [0.15, 0.2) is 23.1 Å². The molecule has 1 aromatic heterocycles. The first kappa shape index (κ1) is 22.3. The first-order chi connectivity index (χ1) is 15.0. The molecule has 0 atom stereocenters. The summed E-state index contributed by atoms with van der Waals surface area (Å²) in [7, 11) is 0. The zero-order valence-corrected chi connectivity index (χ0v) is 18.6. The second kappa shape index (κ2) is 8.20. The zero-order valence-electron chi connectivity index (χ0n) is 18.6. The Kier molecular flexibility index (Phi) is 5.70. The van der Waals surface area contributed by atoms with Gasteiger partial charge in [0.1, 0.15) is 5.82 Å². The van der Waals surface area contributed by atoms with Gasteiger partial charge in [-0.15, -0.1) is 0 Å². The first-order valence-electron chi connectivity index (χ1n) is 10.8. The number of Topliss-reactive ketones (excluding diaryl/α,β-unsaturated/α-hetero) is 1. The molecule has 1 saturated heterocycles. The molecule has 1 aliphatic carbocycles. The Morgan fingerprint density at radius 1 is 1.16 bits per heavy atom. The number of carboxylic acid groups (broad SMARTS) is 1. The molecular formula is C23H28FN3O5. The van der Waals surface area contributed by atoms with Crippen molar-refractivity contribution in [2.45, 2.75) is 39.7 Å². The summed E-state index contributed by atoms with van der Waals surface area (Å²) in [5, 5.41) is 9.02. The Balaban J connectivity index is 1.61. The lowest BCUT2D eigenvalue weighted by atomic mass is 9.90. The van der Waals surface area contributed by atoms with E-state index in [0.717, 1.165) is 12.8 Å². The number of piperazine rings is 1. The number of nitrogens with zero attached hydrogens (tertiary/aromatic N) is 3. The van der Waals surface area contributed by atoms with Crippen LogP contribution in [-0.2, 0) is 4.79 Å². The van der Waals surface area contributed by atoms with E-state index in [4.69, 9.17) is 5.11 Å². The molecule has 9 heteroatoms. The first-order valence-corrected chi connectivity index (χ1v) is 10.8. The van der Waals surface area contributed by atoms with E-state index < -0.39 is 22.8 Å². The SMILES string of the molecule is CC(C)(C)C(=O)CN1CCN(c2cc3c(cc2F)c(=O)c(OC(=O)O)cn3C2CC2)CC1. The lowest BCUT2D eigenvalue weighted by molar-refractivity contribution is -0.127. The third-order valence-corrected chi connectivity index (χ3v) is 6.12. The standard InChI is InChI=1S/C23H28FN3O5/c1-23(2,3)20(28)13-25-6-8-26(9-7-25)18-11-17-15(10-16(18)24)21(29)19(32-22(30)31)12-27(17)14-4-5-14/h10-12,14H,4-9,13H2,1-3H3,(H,30,31). The number of fused-ring (bicyclic) bond motifs is 1. The minimum atomic E-state index is -1.58. The van der Waals surface area contributed by atoms with Gasteiger partial charge in [0, 0.05) is 37.6 Å². The number of carbonyl (C=O) groups excluding carboxylic acids is 1. The Labute approximate surface area is 185 Å². The molecule has 0 amide bonds. The van der Waals surface area contributed by atoms with Crippen molar-refractivity contribution < 1.29 is 23.8 Å². The Hall–Kier alpha value is -2.94. The van der Waals surface area contributed by atoms with Gasteiger partial charge in [-0.1, -0.05) is 20.8 Å². The van der Waals surface area contributed by atoms with E-state index >= 15 is 4.39 Å². The molecule has 1 aromatic carbocycles. The monoisotopic (exact) mass is 445 g/mol. The van der Waals surface area contributed by atoms with Crippen LogP contribution in [0.4, 0.5) is 14.9 Å². The largest absolute Gasteiger partial charge is 0.511 e. The molecule has 0 radical (unpaired) electrons. The van der Waals surface area contributed by atoms with E-state index in [1.807, 2.05) is 30.2 Å². The van der Waals surface area contributed by atoms with E-state index in [0.29, 0.717) is 43.9 Å². The van der Waals surface area contributed by atoms with Crippen molar-refractivity contribution in [3.8, 4) is 5.75 Å². The summed E-state index contributed by atoms with van der Waals surface area (Å²) in [6.07, 6.45) is 1.63. The highest BCUT2D eigenvalue weighted by Crippen LogP contribution is 2.39. The van der Waals surface area contributed by atoms with E-state index in [-0.39, 0.29) is 23.0 Å². The molecule has 4 rings (SSSR count). The maximum atomic E-state index is 15.1. The summed E-state index contributed by atoms with van der Waals surface area (Å²) in [6.45, 7) is 8.50. The van der Waals surface area contributed by atoms with Crippen LogP contribution < -0.4 is 15.1 Å². The molecule has 0 spiro atoms. The fourth-order valence-electron chi connectivity index (χ4n) is 3.98. The number of anilines is 1. The number of aromatic nitrogens is 1. The minimum Gasteiger partial charge on any atom is -0.449 e. The van der Waals surface area contributed by atoms with Gasteiger partial charge in [-0.2, -0.15) is 0 Å². The number of ketones is 1. The summed E-state index contributed by atoms with van der Waals surface area (Å²) >= 11 is 0. The molecule has 1 aliphatic heterocycles. The van der Waals surface area contributed by atoms with Crippen molar-refractivity contribution in [3.05, 3.63) is 34.4 Å². The average molecular weight is 445 g/mol. The van der Waals surface area contributed by atoms with Gasteiger partial charge in [0.25, 0.3) is 0 Å². The second-order valence-electron chi connectivity index (χ2n) is 9.59. The van der Waals surface area contributed by atoms with Crippen LogP contribution >= 0.6 is 0 Å². The maximum Gasteiger partial charge on any atom is 0.511 e. The molecule has 1 N–H and O–H groups in total. The van der Waals surface area contributed by atoms with Crippen molar-refractivity contribution in [3.63, 3.8) is 0 Å². The number of rotatable bonds is 5. The molecule has 0 unspecified atom stereocenters. The lowest BCUT2D eigenvalue weighted by Crippen LogP contribution is -2.49. The number of halogens is 1. The van der Waals surface area contributed by atoms with Crippen molar-refractivity contribution in [1.29, 1.82) is 0 Å². The van der Waals surface area contributed by atoms with Gasteiger partial charge in [-0.05, 0) is 25.0 Å². The quantitative estimate of drug-likeness (QED) is 0.706. The van der Waals surface area contributed by atoms with Gasteiger partial charge >= 0.3 is 6.16 Å². The van der Waals surface area contributed by atoms with Crippen molar-refractivity contribution >= 4 is 28.5 Å². The van der Waals surface area contributed by atoms with E-state index in [1.54, 1.807) is 6.07 Å². The predicted molar refractivity (Wildman–Crippen MR) is 118 cm³/mol. The smallest absolute Gasteiger partial charge is 0.449 e. The summed E-state index contributed by atoms with van der Waals surface area (Å²) < 4.78 is 21.5.